The first-order valence-corrected chi connectivity index (χ1v) is 7.57. The Hall–Kier alpha value is -2.09. The molecular formula is C19H23NO. The van der Waals surface area contributed by atoms with E-state index in [4.69, 9.17) is 5.73 Å². The van der Waals surface area contributed by atoms with Crippen LogP contribution in [0.3, 0.4) is 0 Å². The molecule has 2 heteroatoms. The zero-order valence-corrected chi connectivity index (χ0v) is 12.8. The van der Waals surface area contributed by atoms with Crippen LogP contribution in [0.2, 0.25) is 0 Å². The summed E-state index contributed by atoms with van der Waals surface area (Å²) in [5, 5.41) is 0. The minimum absolute atomic E-state index is 0.197. The fraction of sp³-hybridized carbons (Fsp3) is 0.316. The molecule has 1 atom stereocenters. The number of nitrogens with two attached hydrogens (primary N) is 1. The molecule has 21 heavy (non-hydrogen) atoms. The van der Waals surface area contributed by atoms with Crippen LogP contribution < -0.4 is 5.73 Å². The van der Waals surface area contributed by atoms with Gasteiger partial charge in [-0.05, 0) is 35.6 Å². The highest BCUT2D eigenvalue weighted by Crippen LogP contribution is 2.22. The summed E-state index contributed by atoms with van der Waals surface area (Å²) >= 11 is 0. The number of rotatable bonds is 6. The lowest BCUT2D eigenvalue weighted by molar-refractivity contribution is 0.0975. The van der Waals surface area contributed by atoms with Gasteiger partial charge in [0.1, 0.15) is 0 Å². The Bertz CT molecular complexity index is 584. The van der Waals surface area contributed by atoms with Crippen LogP contribution in [0.4, 0.5) is 5.69 Å². The molecule has 0 amide bonds. The second-order valence-electron chi connectivity index (χ2n) is 5.64. The highest BCUT2D eigenvalue weighted by atomic mass is 16.1. The standard InChI is InChI=1S/C19H23NO/c1-3-4-15-5-7-17(8-6-15)19(21)13-14(2)16-9-11-18(20)12-10-16/h5-12,14H,3-4,13,20H2,1-2H3. The van der Waals surface area contributed by atoms with Crippen molar-refractivity contribution in [2.45, 2.75) is 39.0 Å². The van der Waals surface area contributed by atoms with Crippen molar-refractivity contribution in [2.75, 3.05) is 5.73 Å². The molecule has 2 aromatic rings. The largest absolute Gasteiger partial charge is 0.399 e. The Balaban J connectivity index is 2.01. The SMILES string of the molecule is CCCc1ccc(C(=O)CC(C)c2ccc(N)cc2)cc1. The Labute approximate surface area is 127 Å². The van der Waals surface area contributed by atoms with Gasteiger partial charge in [0.25, 0.3) is 0 Å². The van der Waals surface area contributed by atoms with Crippen LogP contribution in [0.5, 0.6) is 0 Å². The number of Topliss-reactive ketones (excluding diaryl/α,β-unsaturated/α-hetero) is 1. The zero-order valence-electron chi connectivity index (χ0n) is 12.8. The first kappa shape index (κ1) is 15.3. The van der Waals surface area contributed by atoms with Crippen LogP contribution in [0, 0.1) is 0 Å². The third-order valence-electron chi connectivity index (χ3n) is 3.81. The van der Waals surface area contributed by atoms with E-state index in [-0.39, 0.29) is 11.7 Å². The molecule has 0 bridgehead atoms. The maximum absolute atomic E-state index is 12.3. The highest BCUT2D eigenvalue weighted by molar-refractivity contribution is 5.96. The minimum atomic E-state index is 0.197. The van der Waals surface area contributed by atoms with Gasteiger partial charge in [-0.25, -0.2) is 0 Å². The van der Waals surface area contributed by atoms with Crippen molar-refractivity contribution in [1.82, 2.24) is 0 Å². The first-order chi connectivity index (χ1) is 10.1. The molecule has 0 aliphatic rings. The number of benzene rings is 2. The smallest absolute Gasteiger partial charge is 0.163 e. The monoisotopic (exact) mass is 281 g/mol. The van der Waals surface area contributed by atoms with E-state index >= 15 is 0 Å². The Morgan fingerprint density at radius 1 is 1.05 bits per heavy atom. The average Bonchev–Trinajstić information content (AvgIpc) is 2.49. The quantitative estimate of drug-likeness (QED) is 0.621. The average molecular weight is 281 g/mol. The molecular weight excluding hydrogens is 258 g/mol. The first-order valence-electron chi connectivity index (χ1n) is 7.57. The van der Waals surface area contributed by atoms with E-state index in [1.165, 1.54) is 5.56 Å². The molecule has 2 N–H and O–H groups in total. The van der Waals surface area contributed by atoms with Gasteiger partial charge in [0.15, 0.2) is 5.78 Å². The maximum Gasteiger partial charge on any atom is 0.163 e. The van der Waals surface area contributed by atoms with Crippen molar-refractivity contribution in [1.29, 1.82) is 0 Å². The van der Waals surface area contributed by atoms with Gasteiger partial charge in [-0.3, -0.25) is 4.79 Å². The van der Waals surface area contributed by atoms with E-state index in [9.17, 15) is 4.79 Å². The van der Waals surface area contributed by atoms with Crippen molar-refractivity contribution in [3.63, 3.8) is 0 Å². The normalized spacial score (nSPS) is 12.1. The van der Waals surface area contributed by atoms with E-state index in [1.54, 1.807) is 0 Å². The van der Waals surface area contributed by atoms with Gasteiger partial charge in [0.2, 0.25) is 0 Å². The van der Waals surface area contributed by atoms with Crippen molar-refractivity contribution in [3.8, 4) is 0 Å². The third-order valence-corrected chi connectivity index (χ3v) is 3.81. The number of hydrogen-bond acceptors (Lipinski definition) is 2. The van der Waals surface area contributed by atoms with Crippen molar-refractivity contribution in [2.24, 2.45) is 0 Å². The molecule has 0 fully saturated rings. The molecule has 0 heterocycles. The molecule has 2 nitrogen and oxygen atoms in total. The second kappa shape index (κ2) is 7.07. The van der Waals surface area contributed by atoms with Crippen molar-refractivity contribution >= 4 is 11.5 Å². The van der Waals surface area contributed by atoms with Crippen molar-refractivity contribution < 1.29 is 4.79 Å². The van der Waals surface area contributed by atoms with Crippen LogP contribution in [0.1, 0.15) is 54.1 Å². The molecule has 0 spiro atoms. The second-order valence-corrected chi connectivity index (χ2v) is 5.64. The van der Waals surface area contributed by atoms with E-state index < -0.39 is 0 Å². The lowest BCUT2D eigenvalue weighted by atomic mass is 9.92. The number of carbonyl (C=O) groups excluding carboxylic acids is 1. The van der Waals surface area contributed by atoms with E-state index in [1.807, 2.05) is 36.4 Å². The third kappa shape index (κ3) is 4.19. The number of anilines is 1. The summed E-state index contributed by atoms with van der Waals surface area (Å²) in [4.78, 5) is 12.3. The fourth-order valence-corrected chi connectivity index (χ4v) is 2.48. The van der Waals surface area contributed by atoms with Crippen LogP contribution in [0.15, 0.2) is 48.5 Å². The highest BCUT2D eigenvalue weighted by Gasteiger charge is 2.13. The summed E-state index contributed by atoms with van der Waals surface area (Å²) < 4.78 is 0. The van der Waals surface area contributed by atoms with Crippen LogP contribution in [0.25, 0.3) is 0 Å². The van der Waals surface area contributed by atoms with Gasteiger partial charge < -0.3 is 5.73 Å². The van der Waals surface area contributed by atoms with Gasteiger partial charge in [-0.2, -0.15) is 0 Å². The van der Waals surface area contributed by atoms with Crippen molar-refractivity contribution in [3.05, 3.63) is 65.2 Å². The number of nitrogen functional groups attached to an aromatic ring is 1. The molecule has 0 aliphatic carbocycles. The zero-order chi connectivity index (χ0) is 15.2. The molecule has 1 unspecified atom stereocenters. The molecule has 0 aromatic heterocycles. The molecule has 0 radical (unpaired) electrons. The predicted molar refractivity (Wildman–Crippen MR) is 88.7 cm³/mol. The summed E-state index contributed by atoms with van der Waals surface area (Å²) in [7, 11) is 0. The lowest BCUT2D eigenvalue weighted by Crippen LogP contribution is -2.05. The summed E-state index contributed by atoms with van der Waals surface area (Å²) in [5.41, 5.74) is 9.69. The number of hydrogen-bond donors (Lipinski definition) is 1. The Morgan fingerprint density at radius 3 is 2.24 bits per heavy atom. The molecule has 2 rings (SSSR count). The lowest BCUT2D eigenvalue weighted by Gasteiger charge is -2.11. The number of aryl methyl sites for hydroxylation is 1. The molecule has 0 aliphatic heterocycles. The van der Waals surface area contributed by atoms with Gasteiger partial charge in [-0.15, -0.1) is 0 Å². The summed E-state index contributed by atoms with van der Waals surface area (Å²) in [6, 6.07) is 15.8. The van der Waals surface area contributed by atoms with Gasteiger partial charge in [0, 0.05) is 17.7 Å². The summed E-state index contributed by atoms with van der Waals surface area (Å²) in [6.45, 7) is 4.24. The van der Waals surface area contributed by atoms with Crippen LogP contribution in [-0.2, 0) is 6.42 Å². The van der Waals surface area contributed by atoms with Gasteiger partial charge >= 0.3 is 0 Å². The Morgan fingerprint density at radius 2 is 1.67 bits per heavy atom. The maximum atomic E-state index is 12.3. The molecule has 2 aromatic carbocycles. The van der Waals surface area contributed by atoms with E-state index in [2.05, 4.69) is 26.0 Å². The van der Waals surface area contributed by atoms with E-state index in [0.29, 0.717) is 6.42 Å². The number of carbonyl (C=O) groups is 1. The Kier molecular flexibility index (Phi) is 5.15. The molecule has 110 valence electrons. The van der Waals surface area contributed by atoms with Crippen LogP contribution >= 0.6 is 0 Å². The van der Waals surface area contributed by atoms with Gasteiger partial charge in [-0.1, -0.05) is 56.7 Å². The summed E-state index contributed by atoms with van der Waals surface area (Å²) in [6.07, 6.45) is 2.72. The summed E-state index contributed by atoms with van der Waals surface area (Å²) in [5.74, 6) is 0.399. The van der Waals surface area contributed by atoms with Gasteiger partial charge in [0.05, 0.1) is 0 Å². The van der Waals surface area contributed by atoms with Crippen LogP contribution in [-0.4, -0.2) is 5.78 Å². The molecule has 0 saturated heterocycles. The fourth-order valence-electron chi connectivity index (χ4n) is 2.48. The number of ketones is 1. The molecule has 0 saturated carbocycles. The van der Waals surface area contributed by atoms with E-state index in [0.717, 1.165) is 29.7 Å². The topological polar surface area (TPSA) is 43.1 Å². The predicted octanol–water partition coefficient (Wildman–Crippen LogP) is 4.60. The minimum Gasteiger partial charge on any atom is -0.399 e.